The van der Waals surface area contributed by atoms with Gasteiger partial charge in [0.1, 0.15) is 11.3 Å². The predicted octanol–water partition coefficient (Wildman–Crippen LogP) is 7.20. The lowest BCUT2D eigenvalue weighted by Gasteiger charge is -2.09. The molecule has 0 saturated carbocycles. The molecule has 130 valence electrons. The van der Waals surface area contributed by atoms with E-state index < -0.39 is 0 Å². The molecule has 2 heterocycles. The molecule has 0 N–H and O–H groups in total. The Hall–Kier alpha value is -2.84. The number of hydrogen-bond acceptors (Lipinski definition) is 2. The number of benzene rings is 3. The molecule has 6 rings (SSSR count). The van der Waals surface area contributed by atoms with Gasteiger partial charge in [0.2, 0.25) is 0 Å². The van der Waals surface area contributed by atoms with Gasteiger partial charge in [-0.05, 0) is 70.5 Å². The van der Waals surface area contributed by atoms with Crippen molar-refractivity contribution in [1.29, 1.82) is 0 Å². The molecule has 27 heavy (non-hydrogen) atoms. The van der Waals surface area contributed by atoms with Crippen molar-refractivity contribution in [2.45, 2.75) is 18.8 Å². The van der Waals surface area contributed by atoms with Crippen molar-refractivity contribution in [1.82, 2.24) is 0 Å². The van der Waals surface area contributed by atoms with E-state index in [1.807, 2.05) is 0 Å². The minimum atomic E-state index is 0.558. The van der Waals surface area contributed by atoms with E-state index >= 15 is 0 Å². The topological polar surface area (TPSA) is 13.1 Å². The summed E-state index contributed by atoms with van der Waals surface area (Å²) in [5.74, 6) is 1.51. The van der Waals surface area contributed by atoms with E-state index in [9.17, 15) is 0 Å². The Bertz CT molecular complexity index is 1270. The number of hydrogen-bond donors (Lipinski definition) is 0. The highest BCUT2D eigenvalue weighted by Gasteiger charge is 2.23. The van der Waals surface area contributed by atoms with Crippen molar-refractivity contribution in [2.24, 2.45) is 0 Å². The Balaban J connectivity index is 1.37. The fourth-order valence-corrected chi connectivity index (χ4v) is 5.17. The van der Waals surface area contributed by atoms with Gasteiger partial charge in [-0.1, -0.05) is 48.5 Å². The maximum absolute atomic E-state index is 6.26. The van der Waals surface area contributed by atoms with Crippen LogP contribution in [0.1, 0.15) is 22.6 Å². The zero-order chi connectivity index (χ0) is 17.8. The third-order valence-corrected chi connectivity index (χ3v) is 6.69. The lowest BCUT2D eigenvalue weighted by molar-refractivity contribution is 0.629. The Morgan fingerprint density at radius 2 is 1.59 bits per heavy atom. The van der Waals surface area contributed by atoms with Crippen molar-refractivity contribution in [3.8, 4) is 11.3 Å². The lowest BCUT2D eigenvalue weighted by Crippen LogP contribution is -1.97. The first-order chi connectivity index (χ1) is 13.3. The highest BCUT2D eigenvalue weighted by atomic mass is 32.1. The molecular weight excluding hydrogens is 348 g/mol. The maximum Gasteiger partial charge on any atom is 0.135 e. The normalized spacial score (nSPS) is 14.2. The zero-order valence-corrected chi connectivity index (χ0v) is 15.6. The molecule has 3 aromatic carbocycles. The van der Waals surface area contributed by atoms with Gasteiger partial charge in [0.15, 0.2) is 0 Å². The van der Waals surface area contributed by atoms with Crippen LogP contribution >= 0.6 is 11.3 Å². The summed E-state index contributed by atoms with van der Waals surface area (Å²) in [5.41, 5.74) is 6.51. The van der Waals surface area contributed by atoms with Gasteiger partial charge >= 0.3 is 0 Å². The summed E-state index contributed by atoms with van der Waals surface area (Å²) in [4.78, 5) is 0. The van der Waals surface area contributed by atoms with Crippen molar-refractivity contribution in [3.05, 3.63) is 94.9 Å². The second-order valence-corrected chi connectivity index (χ2v) is 8.40. The molecule has 0 amide bonds. The number of thiophene rings is 1. The fourth-order valence-electron chi connectivity index (χ4n) is 4.35. The minimum absolute atomic E-state index is 0.558. The number of rotatable bonds is 2. The summed E-state index contributed by atoms with van der Waals surface area (Å²) in [6.45, 7) is 0. The van der Waals surface area contributed by atoms with Crippen LogP contribution in [0.4, 0.5) is 0 Å². The SMILES string of the molecule is c1ccc2c(c1)CC(c1ccc3cc(-c4ccc5ccsc5c4)oc3c1)C2. The average Bonchev–Trinajstić information content (AvgIpc) is 3.42. The highest BCUT2D eigenvalue weighted by Crippen LogP contribution is 2.37. The first-order valence-electron chi connectivity index (χ1n) is 9.41. The van der Waals surface area contributed by atoms with Crippen LogP contribution in [-0.4, -0.2) is 0 Å². The van der Waals surface area contributed by atoms with Crippen molar-refractivity contribution in [2.75, 3.05) is 0 Å². The minimum Gasteiger partial charge on any atom is -0.456 e. The standard InChI is InChI=1S/C25H18OS/c1-2-4-18-12-22(11-17(18)3-1)19-6-8-20-14-24(26-23(20)13-19)21-7-5-16-9-10-27-25(16)15-21/h1-10,13-15,22H,11-12H2. The Kier molecular flexibility index (Phi) is 3.29. The smallest absolute Gasteiger partial charge is 0.135 e. The van der Waals surface area contributed by atoms with Crippen molar-refractivity contribution in [3.63, 3.8) is 0 Å². The molecule has 2 aromatic heterocycles. The maximum atomic E-state index is 6.26. The van der Waals surface area contributed by atoms with Gasteiger partial charge in [0.05, 0.1) is 0 Å². The van der Waals surface area contributed by atoms with Crippen LogP contribution < -0.4 is 0 Å². The van der Waals surface area contributed by atoms with Gasteiger partial charge in [-0.15, -0.1) is 11.3 Å². The Morgan fingerprint density at radius 3 is 2.44 bits per heavy atom. The molecule has 0 saturated heterocycles. The Morgan fingerprint density at radius 1 is 0.778 bits per heavy atom. The number of furan rings is 1. The average molecular weight is 366 g/mol. The monoisotopic (exact) mass is 366 g/mol. The van der Waals surface area contributed by atoms with E-state index in [0.29, 0.717) is 5.92 Å². The zero-order valence-electron chi connectivity index (χ0n) is 14.8. The summed E-state index contributed by atoms with van der Waals surface area (Å²) in [5, 5.41) is 4.61. The van der Waals surface area contributed by atoms with E-state index in [2.05, 4.69) is 78.2 Å². The van der Waals surface area contributed by atoms with Gasteiger partial charge < -0.3 is 4.42 Å². The van der Waals surface area contributed by atoms with Crippen LogP contribution in [0.25, 0.3) is 32.4 Å². The van der Waals surface area contributed by atoms with E-state index in [0.717, 1.165) is 29.7 Å². The summed E-state index contributed by atoms with van der Waals surface area (Å²) in [7, 11) is 0. The molecule has 1 aliphatic carbocycles. The van der Waals surface area contributed by atoms with E-state index in [1.54, 1.807) is 11.3 Å². The molecule has 0 radical (unpaired) electrons. The van der Waals surface area contributed by atoms with Crippen molar-refractivity contribution >= 4 is 32.4 Å². The first kappa shape index (κ1) is 15.2. The van der Waals surface area contributed by atoms with E-state index in [4.69, 9.17) is 4.42 Å². The van der Waals surface area contributed by atoms with Crippen molar-refractivity contribution < 1.29 is 4.42 Å². The first-order valence-corrected chi connectivity index (χ1v) is 10.3. The summed E-state index contributed by atoms with van der Waals surface area (Å²) >= 11 is 1.77. The van der Waals surface area contributed by atoms with Gasteiger partial charge in [-0.25, -0.2) is 0 Å². The van der Waals surface area contributed by atoms with Crippen LogP contribution in [0, 0.1) is 0 Å². The Labute approximate surface area is 161 Å². The molecule has 1 nitrogen and oxygen atoms in total. The quantitative estimate of drug-likeness (QED) is 0.322. The molecule has 1 aliphatic rings. The van der Waals surface area contributed by atoms with Crippen LogP contribution in [-0.2, 0) is 12.8 Å². The van der Waals surface area contributed by atoms with Crippen LogP contribution in [0.3, 0.4) is 0 Å². The van der Waals surface area contributed by atoms with Gasteiger partial charge in [0.25, 0.3) is 0 Å². The molecule has 2 heteroatoms. The molecule has 0 fully saturated rings. The third kappa shape index (κ3) is 2.52. The van der Waals surface area contributed by atoms with E-state index in [-0.39, 0.29) is 0 Å². The predicted molar refractivity (Wildman–Crippen MR) is 114 cm³/mol. The van der Waals surface area contributed by atoms with E-state index in [1.165, 1.54) is 32.2 Å². The molecule has 0 atom stereocenters. The largest absolute Gasteiger partial charge is 0.456 e. The summed E-state index contributed by atoms with van der Waals surface area (Å²) in [6, 6.07) is 26.4. The van der Waals surface area contributed by atoms with Gasteiger partial charge in [-0.2, -0.15) is 0 Å². The second kappa shape index (κ2) is 5.83. The molecule has 0 spiro atoms. The molecule has 0 aliphatic heterocycles. The lowest BCUT2D eigenvalue weighted by atomic mass is 9.95. The highest BCUT2D eigenvalue weighted by molar-refractivity contribution is 7.17. The molecular formula is C25H18OS. The third-order valence-electron chi connectivity index (χ3n) is 5.81. The second-order valence-electron chi connectivity index (χ2n) is 7.46. The van der Waals surface area contributed by atoms with Crippen LogP contribution in [0.5, 0.6) is 0 Å². The van der Waals surface area contributed by atoms with Crippen LogP contribution in [0.2, 0.25) is 0 Å². The summed E-state index contributed by atoms with van der Waals surface area (Å²) < 4.78 is 7.56. The number of fused-ring (bicyclic) bond motifs is 3. The molecule has 0 bridgehead atoms. The molecule has 5 aromatic rings. The van der Waals surface area contributed by atoms with Gasteiger partial charge in [0, 0.05) is 15.6 Å². The summed E-state index contributed by atoms with van der Waals surface area (Å²) in [6.07, 6.45) is 2.26. The molecule has 0 unspecified atom stereocenters. The van der Waals surface area contributed by atoms with Crippen LogP contribution in [0.15, 0.2) is 82.6 Å². The fraction of sp³-hybridized carbons (Fsp3) is 0.120. The van der Waals surface area contributed by atoms with Gasteiger partial charge in [-0.3, -0.25) is 0 Å².